The van der Waals surface area contributed by atoms with Gasteiger partial charge >= 0.3 is 0 Å². The highest BCUT2D eigenvalue weighted by Crippen LogP contribution is 2.26. The van der Waals surface area contributed by atoms with Gasteiger partial charge in [-0.05, 0) is 61.6 Å². The maximum Gasteiger partial charge on any atom is 0.251 e. The summed E-state index contributed by atoms with van der Waals surface area (Å²) in [6.45, 7) is 1.00. The summed E-state index contributed by atoms with van der Waals surface area (Å²) in [5.74, 6) is 0.664. The van der Waals surface area contributed by atoms with Gasteiger partial charge in [-0.3, -0.25) is 15.6 Å². The third kappa shape index (κ3) is 3.02. The van der Waals surface area contributed by atoms with Crippen LogP contribution in [0, 0.1) is 5.92 Å². The van der Waals surface area contributed by atoms with E-state index < -0.39 is 0 Å². The molecule has 5 heteroatoms. The SMILES string of the molecule is O=C(NC1CCC2NNCC2C1)c1ccc(-n2cccc2)cc1. The maximum absolute atomic E-state index is 12.5. The fourth-order valence-corrected chi connectivity index (χ4v) is 3.69. The topological polar surface area (TPSA) is 58.1 Å². The highest BCUT2D eigenvalue weighted by molar-refractivity contribution is 5.94. The van der Waals surface area contributed by atoms with Gasteiger partial charge in [0, 0.05) is 42.3 Å². The van der Waals surface area contributed by atoms with E-state index in [2.05, 4.69) is 16.2 Å². The summed E-state index contributed by atoms with van der Waals surface area (Å²) in [6.07, 6.45) is 7.21. The minimum absolute atomic E-state index is 0.0337. The number of carbonyl (C=O) groups is 1. The molecule has 1 aromatic carbocycles. The molecule has 120 valence electrons. The number of benzene rings is 1. The minimum Gasteiger partial charge on any atom is -0.349 e. The van der Waals surface area contributed by atoms with Crippen molar-refractivity contribution < 1.29 is 4.79 Å². The van der Waals surface area contributed by atoms with E-state index in [4.69, 9.17) is 0 Å². The van der Waals surface area contributed by atoms with Crippen molar-refractivity contribution in [3.63, 3.8) is 0 Å². The molecule has 2 aromatic rings. The molecule has 1 saturated heterocycles. The molecule has 2 aliphatic rings. The van der Waals surface area contributed by atoms with E-state index in [9.17, 15) is 4.79 Å². The third-order valence-electron chi connectivity index (χ3n) is 5.00. The lowest BCUT2D eigenvalue weighted by Crippen LogP contribution is -2.44. The second-order valence-corrected chi connectivity index (χ2v) is 6.51. The van der Waals surface area contributed by atoms with Crippen molar-refractivity contribution in [3.05, 3.63) is 54.4 Å². The molecule has 1 aliphatic heterocycles. The summed E-state index contributed by atoms with van der Waals surface area (Å²) in [6, 6.07) is 12.6. The lowest BCUT2D eigenvalue weighted by molar-refractivity contribution is 0.0918. The van der Waals surface area contributed by atoms with E-state index in [1.165, 1.54) is 0 Å². The fourth-order valence-electron chi connectivity index (χ4n) is 3.69. The van der Waals surface area contributed by atoms with Crippen molar-refractivity contribution in [3.8, 4) is 5.69 Å². The van der Waals surface area contributed by atoms with Crippen molar-refractivity contribution in [1.82, 2.24) is 20.7 Å². The number of nitrogens with one attached hydrogen (secondary N) is 3. The highest BCUT2D eigenvalue weighted by atomic mass is 16.1. The van der Waals surface area contributed by atoms with Gasteiger partial charge in [-0.25, -0.2) is 0 Å². The monoisotopic (exact) mass is 310 g/mol. The Labute approximate surface area is 136 Å². The van der Waals surface area contributed by atoms with Gasteiger partial charge in [0.2, 0.25) is 0 Å². The van der Waals surface area contributed by atoms with Crippen LogP contribution in [-0.2, 0) is 0 Å². The molecule has 0 radical (unpaired) electrons. The largest absolute Gasteiger partial charge is 0.349 e. The van der Waals surface area contributed by atoms with E-state index in [0.717, 1.165) is 37.1 Å². The number of hydrazine groups is 1. The van der Waals surface area contributed by atoms with Gasteiger partial charge in [-0.1, -0.05) is 0 Å². The predicted octanol–water partition coefficient (Wildman–Crippen LogP) is 1.85. The predicted molar refractivity (Wildman–Crippen MR) is 89.3 cm³/mol. The van der Waals surface area contributed by atoms with Gasteiger partial charge in [0.25, 0.3) is 5.91 Å². The Kier molecular flexibility index (Phi) is 3.89. The third-order valence-corrected chi connectivity index (χ3v) is 5.00. The van der Waals surface area contributed by atoms with E-state index >= 15 is 0 Å². The van der Waals surface area contributed by atoms with Crippen LogP contribution in [0.15, 0.2) is 48.8 Å². The normalized spacial score (nSPS) is 26.7. The second kappa shape index (κ2) is 6.18. The van der Waals surface area contributed by atoms with Crippen molar-refractivity contribution >= 4 is 5.91 Å². The van der Waals surface area contributed by atoms with E-state index in [-0.39, 0.29) is 11.9 Å². The summed E-state index contributed by atoms with van der Waals surface area (Å²) in [5.41, 5.74) is 8.34. The number of fused-ring (bicyclic) bond motifs is 1. The van der Waals surface area contributed by atoms with Crippen LogP contribution in [0.5, 0.6) is 0 Å². The van der Waals surface area contributed by atoms with Crippen LogP contribution in [0.1, 0.15) is 29.6 Å². The average Bonchev–Trinajstić information content (AvgIpc) is 3.26. The molecule has 1 amide bonds. The van der Waals surface area contributed by atoms with Crippen LogP contribution < -0.4 is 16.2 Å². The first kappa shape index (κ1) is 14.5. The van der Waals surface area contributed by atoms with Gasteiger partial charge in [-0.15, -0.1) is 0 Å². The molecule has 2 heterocycles. The van der Waals surface area contributed by atoms with Gasteiger partial charge in [0.05, 0.1) is 0 Å². The number of hydrogen-bond acceptors (Lipinski definition) is 3. The summed E-state index contributed by atoms with van der Waals surface area (Å²) < 4.78 is 2.03. The van der Waals surface area contributed by atoms with Crippen molar-refractivity contribution in [2.45, 2.75) is 31.3 Å². The van der Waals surface area contributed by atoms with Crippen LogP contribution in [0.3, 0.4) is 0 Å². The van der Waals surface area contributed by atoms with Crippen LogP contribution >= 0.6 is 0 Å². The van der Waals surface area contributed by atoms with Crippen molar-refractivity contribution in [2.75, 3.05) is 6.54 Å². The number of amides is 1. The molecular weight excluding hydrogens is 288 g/mol. The lowest BCUT2D eigenvalue weighted by atomic mass is 9.83. The molecule has 3 atom stereocenters. The van der Waals surface area contributed by atoms with Crippen molar-refractivity contribution in [1.29, 1.82) is 0 Å². The molecule has 0 spiro atoms. The Balaban J connectivity index is 1.39. The summed E-state index contributed by atoms with van der Waals surface area (Å²) >= 11 is 0. The first-order valence-electron chi connectivity index (χ1n) is 8.32. The molecule has 4 rings (SSSR count). The molecule has 0 bridgehead atoms. The van der Waals surface area contributed by atoms with Gasteiger partial charge in [0.1, 0.15) is 0 Å². The molecule has 1 aromatic heterocycles. The average molecular weight is 310 g/mol. The first-order valence-corrected chi connectivity index (χ1v) is 8.32. The minimum atomic E-state index is 0.0337. The molecule has 2 fully saturated rings. The Hall–Kier alpha value is -2.11. The van der Waals surface area contributed by atoms with E-state index in [1.807, 2.05) is 53.4 Å². The summed E-state index contributed by atoms with van der Waals surface area (Å²) in [7, 11) is 0. The zero-order valence-corrected chi connectivity index (χ0v) is 13.0. The zero-order chi connectivity index (χ0) is 15.6. The number of hydrogen-bond donors (Lipinski definition) is 3. The molecular formula is C18H22N4O. The Morgan fingerprint density at radius 3 is 2.70 bits per heavy atom. The second-order valence-electron chi connectivity index (χ2n) is 6.51. The van der Waals surface area contributed by atoms with Gasteiger partial charge < -0.3 is 9.88 Å². The standard InChI is InChI=1S/C18H22N4O/c23-18(20-15-5-8-17-14(11-15)12-19-21-17)13-3-6-16(7-4-13)22-9-1-2-10-22/h1-4,6-7,9-10,14-15,17,19,21H,5,8,11-12H2,(H,20,23). The van der Waals surface area contributed by atoms with Gasteiger partial charge in [0.15, 0.2) is 0 Å². The lowest BCUT2D eigenvalue weighted by Gasteiger charge is -2.31. The number of carbonyl (C=O) groups excluding carboxylic acids is 1. The number of nitrogens with zero attached hydrogens (tertiary/aromatic N) is 1. The maximum atomic E-state index is 12.5. The summed E-state index contributed by atoms with van der Waals surface area (Å²) in [5, 5.41) is 3.20. The Morgan fingerprint density at radius 1 is 1.13 bits per heavy atom. The van der Waals surface area contributed by atoms with Crippen LogP contribution in [0.25, 0.3) is 5.69 Å². The van der Waals surface area contributed by atoms with Gasteiger partial charge in [-0.2, -0.15) is 0 Å². The van der Waals surface area contributed by atoms with Crippen LogP contribution in [0.4, 0.5) is 0 Å². The summed E-state index contributed by atoms with van der Waals surface area (Å²) in [4.78, 5) is 12.5. The Bertz CT molecular complexity index is 665. The van der Waals surface area contributed by atoms with Crippen LogP contribution in [0.2, 0.25) is 0 Å². The number of rotatable bonds is 3. The van der Waals surface area contributed by atoms with Crippen molar-refractivity contribution in [2.24, 2.45) is 5.92 Å². The van der Waals surface area contributed by atoms with Crippen LogP contribution in [-0.4, -0.2) is 29.1 Å². The molecule has 5 nitrogen and oxygen atoms in total. The fraction of sp³-hybridized carbons (Fsp3) is 0.389. The van der Waals surface area contributed by atoms with E-state index in [0.29, 0.717) is 12.0 Å². The molecule has 1 aliphatic carbocycles. The Morgan fingerprint density at radius 2 is 1.91 bits per heavy atom. The molecule has 3 unspecified atom stereocenters. The molecule has 1 saturated carbocycles. The first-order chi connectivity index (χ1) is 11.3. The molecule has 23 heavy (non-hydrogen) atoms. The zero-order valence-electron chi connectivity index (χ0n) is 13.0. The molecule has 3 N–H and O–H groups in total. The number of aromatic nitrogens is 1. The smallest absolute Gasteiger partial charge is 0.251 e. The quantitative estimate of drug-likeness (QED) is 0.811. The van der Waals surface area contributed by atoms with E-state index in [1.54, 1.807) is 0 Å². The highest BCUT2D eigenvalue weighted by Gasteiger charge is 2.34.